The van der Waals surface area contributed by atoms with E-state index in [1.807, 2.05) is 0 Å². The quantitative estimate of drug-likeness (QED) is 0.0815. The Morgan fingerprint density at radius 2 is 1.73 bits per heavy atom. The molecule has 0 bridgehead atoms. The van der Waals surface area contributed by atoms with Gasteiger partial charge < -0.3 is 13.7 Å². The summed E-state index contributed by atoms with van der Waals surface area (Å²) in [4.78, 5) is 17.8. The van der Waals surface area contributed by atoms with E-state index in [9.17, 15) is 31.1 Å². The first-order valence-electron chi connectivity index (χ1n) is 11.9. The van der Waals surface area contributed by atoms with Gasteiger partial charge in [0.25, 0.3) is 0 Å². The minimum atomic E-state index is -4.82. The number of aryl methyl sites for hydroxylation is 1. The van der Waals surface area contributed by atoms with Crippen LogP contribution in [0.4, 0.5) is 26.3 Å². The lowest BCUT2D eigenvalue weighted by molar-refractivity contribution is -0.137. The van der Waals surface area contributed by atoms with Crippen LogP contribution in [-0.2, 0) is 36.3 Å². The second-order valence-corrected chi connectivity index (χ2v) is 9.74. The largest absolute Gasteiger partial charge is 0.417 e. The van der Waals surface area contributed by atoms with Gasteiger partial charge in [0.1, 0.15) is 12.4 Å². The van der Waals surface area contributed by atoms with E-state index < -0.39 is 40.5 Å². The average molecular weight is 614 g/mol. The summed E-state index contributed by atoms with van der Waals surface area (Å²) in [6.45, 7) is 0.0459. The van der Waals surface area contributed by atoms with Gasteiger partial charge in [0.05, 0.1) is 33.7 Å². The van der Waals surface area contributed by atoms with Gasteiger partial charge in [-0.3, -0.25) is 4.79 Å². The number of nitrogens with zero attached hydrogens (tertiary/aromatic N) is 3. The summed E-state index contributed by atoms with van der Waals surface area (Å²) < 4.78 is 93.1. The molecule has 0 aliphatic rings. The summed E-state index contributed by atoms with van der Waals surface area (Å²) in [6, 6.07) is 6.24. The predicted molar refractivity (Wildman–Crippen MR) is 142 cm³/mol. The van der Waals surface area contributed by atoms with Crippen LogP contribution in [0.15, 0.2) is 42.6 Å². The third-order valence-electron chi connectivity index (χ3n) is 6.84. The van der Waals surface area contributed by atoms with Gasteiger partial charge in [-0.25, -0.2) is 18.2 Å². The Hall–Kier alpha value is -3.54. The highest BCUT2D eigenvalue weighted by Gasteiger charge is 2.37. The summed E-state index contributed by atoms with van der Waals surface area (Å²) in [7, 11) is 3.00. The van der Waals surface area contributed by atoms with Crippen LogP contribution in [0, 0.1) is 17.5 Å². The summed E-state index contributed by atoms with van der Waals surface area (Å²) in [6.07, 6.45) is -3.42. The molecule has 5 rings (SSSR count). The molecule has 5 aromatic rings. The number of pyridine rings is 1. The molecule has 0 atom stereocenters. The zero-order valence-corrected chi connectivity index (χ0v) is 22.9. The first kappa shape index (κ1) is 29.0. The van der Waals surface area contributed by atoms with E-state index >= 15 is 0 Å². The molecule has 214 valence electrons. The van der Waals surface area contributed by atoms with Crippen molar-refractivity contribution < 1.29 is 35.9 Å². The Kier molecular flexibility index (Phi) is 7.56. The number of hydrogen-bond acceptors (Lipinski definition) is 3. The van der Waals surface area contributed by atoms with Crippen molar-refractivity contribution in [1.29, 1.82) is 0 Å². The minimum Gasteiger partial charge on any atom is -0.377 e. The van der Waals surface area contributed by atoms with Crippen LogP contribution in [0.5, 0.6) is 0 Å². The van der Waals surface area contributed by atoms with Crippen LogP contribution in [-0.4, -0.2) is 26.8 Å². The van der Waals surface area contributed by atoms with E-state index in [1.165, 1.54) is 40.5 Å². The number of halogens is 8. The van der Waals surface area contributed by atoms with E-state index in [4.69, 9.17) is 27.9 Å². The van der Waals surface area contributed by atoms with Gasteiger partial charge in [0.2, 0.25) is 5.78 Å². The number of methoxy groups -OCH3 is 1. The standard InChI is InChI=1S/C28H19Cl2F6N3O2/c1-38-20-9-17(28(34,35)36)23(16(11-30)25(20)37-22(38)12-41-2)15-4-3-5-39-21(8-14(10-29)26(15)39)27(40)13-6-18(31)24(33)19(32)7-13/h3-9H,10-12H2,1-2H3. The summed E-state index contributed by atoms with van der Waals surface area (Å²) in [5.41, 5.74) is -0.875. The number of benzene rings is 2. The van der Waals surface area contributed by atoms with Crippen LogP contribution in [0.2, 0.25) is 0 Å². The summed E-state index contributed by atoms with van der Waals surface area (Å²) >= 11 is 12.5. The molecule has 0 N–H and O–H groups in total. The number of imidazole rings is 1. The van der Waals surface area contributed by atoms with Crippen molar-refractivity contribution in [3.05, 3.63) is 93.8 Å². The molecule has 13 heteroatoms. The summed E-state index contributed by atoms with van der Waals surface area (Å²) in [5, 5.41) is 0. The molecule has 0 saturated carbocycles. The molecule has 0 spiro atoms. The van der Waals surface area contributed by atoms with Crippen molar-refractivity contribution in [2.75, 3.05) is 7.11 Å². The third kappa shape index (κ3) is 4.75. The van der Waals surface area contributed by atoms with E-state index in [2.05, 4.69) is 4.98 Å². The molecule has 41 heavy (non-hydrogen) atoms. The maximum absolute atomic E-state index is 14.6. The van der Waals surface area contributed by atoms with Crippen molar-refractivity contribution in [1.82, 2.24) is 14.0 Å². The molecule has 0 unspecified atom stereocenters. The lowest BCUT2D eigenvalue weighted by Gasteiger charge is -2.19. The van der Waals surface area contributed by atoms with Crippen molar-refractivity contribution in [2.24, 2.45) is 7.05 Å². The van der Waals surface area contributed by atoms with Gasteiger partial charge >= 0.3 is 6.18 Å². The number of rotatable bonds is 7. The van der Waals surface area contributed by atoms with Crippen LogP contribution in [0.3, 0.4) is 0 Å². The normalized spacial score (nSPS) is 12.1. The molecule has 0 fully saturated rings. The maximum Gasteiger partial charge on any atom is 0.417 e. The predicted octanol–water partition coefficient (Wildman–Crippen LogP) is 7.78. The second kappa shape index (κ2) is 10.7. The topological polar surface area (TPSA) is 48.5 Å². The van der Waals surface area contributed by atoms with Gasteiger partial charge in [-0.15, -0.1) is 23.2 Å². The van der Waals surface area contributed by atoms with Crippen molar-refractivity contribution >= 4 is 45.5 Å². The SMILES string of the molecule is COCc1nc2c(CCl)c(-c3cccn4c(C(=O)c5cc(F)c(F)c(F)c5)cc(CCl)c34)c(C(F)(F)F)cc2n1C. The third-order valence-corrected chi connectivity index (χ3v) is 7.40. The van der Waals surface area contributed by atoms with E-state index in [-0.39, 0.29) is 62.9 Å². The van der Waals surface area contributed by atoms with Gasteiger partial charge in [0.15, 0.2) is 17.5 Å². The molecule has 3 heterocycles. The molecule has 0 amide bonds. The van der Waals surface area contributed by atoms with Gasteiger partial charge in [-0.05, 0) is 35.9 Å². The van der Waals surface area contributed by atoms with Crippen LogP contribution < -0.4 is 0 Å². The van der Waals surface area contributed by atoms with Crippen LogP contribution in [0.25, 0.3) is 27.7 Å². The second-order valence-electron chi connectivity index (χ2n) is 9.21. The minimum absolute atomic E-state index is 0.0459. The Bertz CT molecular complexity index is 1820. The number of carbonyl (C=O) groups excluding carboxylic acids is 1. The van der Waals surface area contributed by atoms with Crippen molar-refractivity contribution in [3.8, 4) is 11.1 Å². The van der Waals surface area contributed by atoms with Gasteiger partial charge in [-0.1, -0.05) is 6.07 Å². The fraction of sp³-hybridized carbons (Fsp3) is 0.214. The molecule has 0 aliphatic heterocycles. The molecular formula is C28H19Cl2F6N3O2. The lowest BCUT2D eigenvalue weighted by atomic mass is 9.92. The molecule has 0 radical (unpaired) electrons. The zero-order valence-electron chi connectivity index (χ0n) is 21.3. The number of hydrogen-bond donors (Lipinski definition) is 0. The fourth-order valence-corrected chi connectivity index (χ4v) is 5.47. The summed E-state index contributed by atoms with van der Waals surface area (Å²) in [5.74, 6) is -5.94. The van der Waals surface area contributed by atoms with Crippen LogP contribution >= 0.6 is 23.2 Å². The van der Waals surface area contributed by atoms with Gasteiger partial charge in [-0.2, -0.15) is 13.2 Å². The lowest BCUT2D eigenvalue weighted by Crippen LogP contribution is -2.11. The van der Waals surface area contributed by atoms with E-state index in [0.717, 1.165) is 6.07 Å². The Balaban J connectivity index is 1.84. The highest BCUT2D eigenvalue weighted by Crippen LogP contribution is 2.45. The number of aromatic nitrogens is 3. The number of ketones is 1. The Morgan fingerprint density at radius 3 is 2.32 bits per heavy atom. The molecular weight excluding hydrogens is 595 g/mol. The molecule has 0 saturated heterocycles. The highest BCUT2D eigenvalue weighted by molar-refractivity contribution is 6.20. The van der Waals surface area contributed by atoms with Crippen LogP contribution in [0.1, 0.15) is 38.6 Å². The van der Waals surface area contributed by atoms with E-state index in [0.29, 0.717) is 18.0 Å². The first-order chi connectivity index (χ1) is 19.4. The monoisotopic (exact) mass is 613 g/mol. The average Bonchev–Trinajstić information content (AvgIpc) is 3.47. The zero-order chi connectivity index (χ0) is 29.8. The molecule has 0 aliphatic carbocycles. The highest BCUT2D eigenvalue weighted by atomic mass is 35.5. The Morgan fingerprint density at radius 1 is 1.05 bits per heavy atom. The first-order valence-corrected chi connectivity index (χ1v) is 13.0. The van der Waals surface area contributed by atoms with Gasteiger partial charge in [0, 0.05) is 48.5 Å². The van der Waals surface area contributed by atoms with Crippen molar-refractivity contribution in [2.45, 2.75) is 24.5 Å². The maximum atomic E-state index is 14.6. The number of carbonyl (C=O) groups is 1. The smallest absolute Gasteiger partial charge is 0.377 e. The number of ether oxygens (including phenoxy) is 1. The fourth-order valence-electron chi connectivity index (χ4n) is 5.01. The number of alkyl halides is 5. The van der Waals surface area contributed by atoms with Crippen molar-refractivity contribution in [3.63, 3.8) is 0 Å². The number of fused-ring (bicyclic) bond motifs is 2. The van der Waals surface area contributed by atoms with E-state index in [1.54, 1.807) is 7.05 Å². The molecule has 2 aromatic carbocycles. The molecule has 3 aromatic heterocycles. The molecule has 5 nitrogen and oxygen atoms in total. The Labute approximate surface area is 238 Å².